The van der Waals surface area contributed by atoms with Gasteiger partial charge in [0.25, 0.3) is 0 Å². The van der Waals surface area contributed by atoms with E-state index in [0.29, 0.717) is 6.29 Å². The molecular weight excluding hydrogens is 278 g/mol. The molecule has 0 aliphatic rings. The molecule has 0 saturated carbocycles. The second-order valence-electron chi connectivity index (χ2n) is 4.20. The number of halogens is 2. The standard InChI is InChI=1S/C14H8F2N4O/c15-11-4-9(5-12(16)6-11)13-10(8-21)7-20(19-13)14-17-2-1-3-18-14/h1-8H. The first kappa shape index (κ1) is 13.0. The highest BCUT2D eigenvalue weighted by Crippen LogP contribution is 2.23. The van der Waals surface area contributed by atoms with Crippen LogP contribution in [0.15, 0.2) is 42.9 Å². The summed E-state index contributed by atoms with van der Waals surface area (Å²) >= 11 is 0. The molecule has 1 aromatic carbocycles. The zero-order chi connectivity index (χ0) is 14.8. The Labute approximate surface area is 117 Å². The van der Waals surface area contributed by atoms with Gasteiger partial charge in [-0.2, -0.15) is 5.10 Å². The Bertz CT molecular complexity index is 782. The summed E-state index contributed by atoms with van der Waals surface area (Å²) in [6, 6.07) is 4.60. The average Bonchev–Trinajstić information content (AvgIpc) is 2.91. The zero-order valence-corrected chi connectivity index (χ0v) is 10.6. The third kappa shape index (κ3) is 2.53. The topological polar surface area (TPSA) is 60.7 Å². The van der Waals surface area contributed by atoms with Crippen molar-refractivity contribution in [3.8, 4) is 17.2 Å². The first-order valence-corrected chi connectivity index (χ1v) is 5.96. The van der Waals surface area contributed by atoms with E-state index in [4.69, 9.17) is 0 Å². The Morgan fingerprint density at radius 1 is 1.05 bits per heavy atom. The maximum atomic E-state index is 13.3. The van der Waals surface area contributed by atoms with E-state index in [1.807, 2.05) is 0 Å². The van der Waals surface area contributed by atoms with E-state index in [-0.39, 0.29) is 22.8 Å². The minimum Gasteiger partial charge on any atom is -0.298 e. The monoisotopic (exact) mass is 286 g/mol. The first-order valence-electron chi connectivity index (χ1n) is 5.96. The van der Waals surface area contributed by atoms with Gasteiger partial charge in [0.1, 0.15) is 17.3 Å². The number of rotatable bonds is 3. The number of hydrogen-bond acceptors (Lipinski definition) is 4. The number of aromatic nitrogens is 4. The van der Waals surface area contributed by atoms with Gasteiger partial charge >= 0.3 is 0 Å². The van der Waals surface area contributed by atoms with Crippen molar-refractivity contribution in [3.05, 3.63) is 60.1 Å². The summed E-state index contributed by atoms with van der Waals surface area (Å²) in [6.07, 6.45) is 5.00. The molecule has 2 aromatic heterocycles. The van der Waals surface area contributed by atoms with Gasteiger partial charge in [-0.3, -0.25) is 4.79 Å². The number of carbonyl (C=O) groups is 1. The lowest BCUT2D eigenvalue weighted by Gasteiger charge is -2.00. The zero-order valence-electron chi connectivity index (χ0n) is 10.6. The van der Waals surface area contributed by atoms with Crippen LogP contribution in [0.1, 0.15) is 10.4 Å². The summed E-state index contributed by atoms with van der Waals surface area (Å²) in [7, 11) is 0. The summed E-state index contributed by atoms with van der Waals surface area (Å²) in [4.78, 5) is 19.1. The van der Waals surface area contributed by atoms with Crippen molar-refractivity contribution in [3.63, 3.8) is 0 Å². The van der Waals surface area contributed by atoms with E-state index in [1.165, 1.54) is 23.3 Å². The van der Waals surface area contributed by atoms with Crippen LogP contribution >= 0.6 is 0 Å². The summed E-state index contributed by atoms with van der Waals surface area (Å²) < 4.78 is 27.9. The molecule has 104 valence electrons. The Kier molecular flexibility index (Phi) is 3.23. The SMILES string of the molecule is O=Cc1cn(-c2ncccn2)nc1-c1cc(F)cc(F)c1. The van der Waals surface area contributed by atoms with Crippen molar-refractivity contribution in [1.82, 2.24) is 19.7 Å². The molecule has 5 nitrogen and oxygen atoms in total. The smallest absolute Gasteiger partial charge is 0.250 e. The quantitative estimate of drug-likeness (QED) is 0.694. The van der Waals surface area contributed by atoms with Gasteiger partial charge < -0.3 is 0 Å². The molecule has 7 heteroatoms. The normalized spacial score (nSPS) is 10.6. The van der Waals surface area contributed by atoms with Gasteiger partial charge in [-0.15, -0.1) is 0 Å². The second-order valence-corrected chi connectivity index (χ2v) is 4.20. The van der Waals surface area contributed by atoms with E-state index < -0.39 is 11.6 Å². The van der Waals surface area contributed by atoms with Crippen LogP contribution in [0.5, 0.6) is 0 Å². The molecule has 21 heavy (non-hydrogen) atoms. The van der Waals surface area contributed by atoms with E-state index in [1.54, 1.807) is 6.07 Å². The molecule has 0 bridgehead atoms. The molecule has 0 unspecified atom stereocenters. The lowest BCUT2D eigenvalue weighted by atomic mass is 10.1. The molecule has 0 amide bonds. The van der Waals surface area contributed by atoms with E-state index in [0.717, 1.165) is 18.2 Å². The molecule has 0 atom stereocenters. The molecule has 0 N–H and O–H groups in total. The van der Waals surface area contributed by atoms with Gasteiger partial charge in [-0.25, -0.2) is 23.4 Å². The van der Waals surface area contributed by atoms with Gasteiger partial charge in [0.05, 0.1) is 5.56 Å². The number of carbonyl (C=O) groups excluding carboxylic acids is 1. The second kappa shape index (κ2) is 5.20. The van der Waals surface area contributed by atoms with E-state index in [2.05, 4.69) is 15.1 Å². The number of benzene rings is 1. The van der Waals surface area contributed by atoms with Crippen molar-refractivity contribution in [1.29, 1.82) is 0 Å². The molecule has 0 spiro atoms. The van der Waals surface area contributed by atoms with E-state index >= 15 is 0 Å². The molecule has 0 fully saturated rings. The van der Waals surface area contributed by atoms with Gasteiger partial charge in [-0.1, -0.05) is 0 Å². The van der Waals surface area contributed by atoms with Crippen molar-refractivity contribution in [2.45, 2.75) is 0 Å². The van der Waals surface area contributed by atoms with Gasteiger partial charge in [-0.05, 0) is 18.2 Å². The average molecular weight is 286 g/mol. The van der Waals surface area contributed by atoms with Crippen LogP contribution < -0.4 is 0 Å². The third-order valence-electron chi connectivity index (χ3n) is 2.76. The van der Waals surface area contributed by atoms with Crippen LogP contribution in [-0.2, 0) is 0 Å². The van der Waals surface area contributed by atoms with Crippen LogP contribution in [0.3, 0.4) is 0 Å². The molecule has 0 radical (unpaired) electrons. The van der Waals surface area contributed by atoms with Gasteiger partial charge in [0, 0.05) is 30.2 Å². The van der Waals surface area contributed by atoms with Crippen molar-refractivity contribution < 1.29 is 13.6 Å². The van der Waals surface area contributed by atoms with E-state index in [9.17, 15) is 13.6 Å². The van der Waals surface area contributed by atoms with Crippen LogP contribution in [0.4, 0.5) is 8.78 Å². The maximum absolute atomic E-state index is 13.3. The molecule has 0 aliphatic heterocycles. The maximum Gasteiger partial charge on any atom is 0.250 e. The summed E-state index contributed by atoms with van der Waals surface area (Å²) in [5.74, 6) is -1.23. The predicted molar refractivity (Wildman–Crippen MR) is 69.9 cm³/mol. The Morgan fingerprint density at radius 3 is 2.33 bits per heavy atom. The largest absolute Gasteiger partial charge is 0.298 e. The Balaban J connectivity index is 2.14. The summed E-state index contributed by atoms with van der Waals surface area (Å²) in [6.45, 7) is 0. The van der Waals surface area contributed by atoms with Crippen molar-refractivity contribution in [2.75, 3.05) is 0 Å². The number of nitrogens with zero attached hydrogens (tertiary/aromatic N) is 4. The Hall–Kier alpha value is -2.96. The molecule has 0 saturated heterocycles. The highest BCUT2D eigenvalue weighted by atomic mass is 19.1. The molecule has 2 heterocycles. The fourth-order valence-electron chi connectivity index (χ4n) is 1.90. The minimum atomic E-state index is -0.743. The predicted octanol–water partition coefficient (Wildman–Crippen LogP) is 2.42. The lowest BCUT2D eigenvalue weighted by Crippen LogP contribution is -2.00. The molecule has 3 rings (SSSR count). The minimum absolute atomic E-state index is 0.163. The van der Waals surface area contributed by atoms with Crippen LogP contribution in [0.25, 0.3) is 17.2 Å². The fraction of sp³-hybridized carbons (Fsp3) is 0. The first-order chi connectivity index (χ1) is 10.2. The summed E-state index contributed by atoms with van der Waals surface area (Å²) in [5.41, 5.74) is 0.521. The number of hydrogen-bond donors (Lipinski definition) is 0. The molecule has 3 aromatic rings. The van der Waals surface area contributed by atoms with Gasteiger partial charge in [0.15, 0.2) is 6.29 Å². The summed E-state index contributed by atoms with van der Waals surface area (Å²) in [5, 5.41) is 4.13. The van der Waals surface area contributed by atoms with Crippen LogP contribution in [0, 0.1) is 11.6 Å². The Morgan fingerprint density at radius 2 is 1.71 bits per heavy atom. The lowest BCUT2D eigenvalue weighted by molar-refractivity contribution is 0.112. The third-order valence-corrected chi connectivity index (χ3v) is 2.76. The molecule has 0 aliphatic carbocycles. The van der Waals surface area contributed by atoms with Crippen molar-refractivity contribution in [2.24, 2.45) is 0 Å². The van der Waals surface area contributed by atoms with Gasteiger partial charge in [0.2, 0.25) is 5.95 Å². The number of aldehydes is 1. The molecular formula is C14H8F2N4O. The fourth-order valence-corrected chi connectivity index (χ4v) is 1.90. The van der Waals surface area contributed by atoms with Crippen LogP contribution in [-0.4, -0.2) is 26.0 Å². The van der Waals surface area contributed by atoms with Crippen molar-refractivity contribution >= 4 is 6.29 Å². The van der Waals surface area contributed by atoms with Crippen LogP contribution in [0.2, 0.25) is 0 Å². The highest BCUT2D eigenvalue weighted by Gasteiger charge is 2.14. The highest BCUT2D eigenvalue weighted by molar-refractivity contribution is 5.85.